The van der Waals surface area contributed by atoms with Crippen LogP contribution in [-0.4, -0.2) is 12.1 Å². The van der Waals surface area contributed by atoms with E-state index >= 15 is 0 Å². The molecule has 0 amide bonds. The zero-order valence-electron chi connectivity index (χ0n) is 11.0. The second-order valence-corrected chi connectivity index (χ2v) is 7.41. The van der Waals surface area contributed by atoms with E-state index in [1.807, 2.05) is 0 Å². The van der Waals surface area contributed by atoms with Crippen LogP contribution in [0.2, 0.25) is 0 Å². The molecule has 0 radical (unpaired) electrons. The quantitative estimate of drug-likeness (QED) is 0.766. The molecule has 1 heterocycles. The molecule has 3 saturated carbocycles. The molecular weight excluding hydrogens is 206 g/mol. The molecule has 1 N–H and O–H groups in total. The number of rotatable bonds is 2. The molecular formula is C16H27N. The van der Waals surface area contributed by atoms with Gasteiger partial charge in [0, 0.05) is 12.1 Å². The molecule has 4 fully saturated rings. The number of hydrogen-bond acceptors (Lipinski definition) is 1. The minimum atomic E-state index is 0.888. The summed E-state index contributed by atoms with van der Waals surface area (Å²) in [7, 11) is 0. The van der Waals surface area contributed by atoms with Crippen molar-refractivity contribution in [1.29, 1.82) is 0 Å². The van der Waals surface area contributed by atoms with E-state index in [9.17, 15) is 0 Å². The zero-order chi connectivity index (χ0) is 11.2. The van der Waals surface area contributed by atoms with Crippen molar-refractivity contribution in [3.63, 3.8) is 0 Å². The monoisotopic (exact) mass is 233 g/mol. The largest absolute Gasteiger partial charge is 0.311 e. The molecule has 0 aromatic carbocycles. The molecule has 1 heteroatoms. The van der Waals surface area contributed by atoms with E-state index in [0.717, 1.165) is 35.8 Å². The highest BCUT2D eigenvalue weighted by Crippen LogP contribution is 2.50. The standard InChI is InChI=1S/C16H27N/c1-2-12-6-7-15(17-16(12)3-1)10-14-9-11-4-5-13(14)8-11/h11-17H,1-10H2. The second kappa shape index (κ2) is 4.26. The van der Waals surface area contributed by atoms with Gasteiger partial charge in [-0.1, -0.05) is 12.8 Å². The van der Waals surface area contributed by atoms with Gasteiger partial charge >= 0.3 is 0 Å². The Hall–Kier alpha value is -0.0400. The molecule has 1 saturated heterocycles. The molecule has 1 nitrogen and oxygen atoms in total. The minimum Gasteiger partial charge on any atom is -0.311 e. The van der Waals surface area contributed by atoms with E-state index in [-0.39, 0.29) is 0 Å². The average Bonchev–Trinajstić information content (AvgIpc) is 3.03. The molecule has 4 rings (SSSR count). The molecule has 6 atom stereocenters. The van der Waals surface area contributed by atoms with Crippen LogP contribution in [0.5, 0.6) is 0 Å². The summed E-state index contributed by atoms with van der Waals surface area (Å²) in [5.41, 5.74) is 0. The number of piperidine rings is 1. The van der Waals surface area contributed by atoms with Gasteiger partial charge in [0.2, 0.25) is 0 Å². The molecule has 17 heavy (non-hydrogen) atoms. The van der Waals surface area contributed by atoms with Gasteiger partial charge in [-0.25, -0.2) is 0 Å². The third-order valence-electron chi connectivity index (χ3n) is 6.47. The molecule has 4 aliphatic rings. The molecule has 2 bridgehead atoms. The van der Waals surface area contributed by atoms with Gasteiger partial charge in [0.05, 0.1) is 0 Å². The van der Waals surface area contributed by atoms with Crippen LogP contribution in [0.15, 0.2) is 0 Å². The highest BCUT2D eigenvalue weighted by Gasteiger charge is 2.41. The molecule has 0 aromatic heterocycles. The first-order valence-electron chi connectivity index (χ1n) is 8.14. The van der Waals surface area contributed by atoms with Crippen LogP contribution in [0.25, 0.3) is 0 Å². The highest BCUT2D eigenvalue weighted by molar-refractivity contribution is 4.95. The summed E-state index contributed by atoms with van der Waals surface area (Å²) >= 11 is 0. The van der Waals surface area contributed by atoms with E-state index in [1.165, 1.54) is 38.5 Å². The highest BCUT2D eigenvalue weighted by atomic mass is 15.0. The third kappa shape index (κ3) is 1.95. The van der Waals surface area contributed by atoms with Crippen molar-refractivity contribution in [3.05, 3.63) is 0 Å². The summed E-state index contributed by atoms with van der Waals surface area (Å²) in [4.78, 5) is 0. The number of fused-ring (bicyclic) bond motifs is 3. The van der Waals surface area contributed by atoms with Crippen molar-refractivity contribution in [3.8, 4) is 0 Å². The lowest BCUT2D eigenvalue weighted by molar-refractivity contribution is 0.204. The van der Waals surface area contributed by atoms with Gasteiger partial charge in [0.15, 0.2) is 0 Å². The van der Waals surface area contributed by atoms with Crippen molar-refractivity contribution < 1.29 is 0 Å². The Balaban J connectivity index is 1.34. The number of hydrogen-bond donors (Lipinski definition) is 1. The molecule has 3 aliphatic carbocycles. The Labute approximate surface area is 106 Å². The van der Waals surface area contributed by atoms with Gasteiger partial charge in [-0.2, -0.15) is 0 Å². The Kier molecular flexibility index (Phi) is 2.72. The maximum atomic E-state index is 4.00. The van der Waals surface area contributed by atoms with Crippen LogP contribution >= 0.6 is 0 Å². The zero-order valence-corrected chi connectivity index (χ0v) is 11.0. The van der Waals surface area contributed by atoms with E-state index in [1.54, 1.807) is 25.7 Å². The topological polar surface area (TPSA) is 12.0 Å². The Morgan fingerprint density at radius 3 is 2.59 bits per heavy atom. The van der Waals surface area contributed by atoms with Crippen LogP contribution < -0.4 is 5.32 Å². The van der Waals surface area contributed by atoms with Gasteiger partial charge in [0.1, 0.15) is 0 Å². The van der Waals surface area contributed by atoms with Crippen molar-refractivity contribution in [2.75, 3.05) is 0 Å². The summed E-state index contributed by atoms with van der Waals surface area (Å²) in [5, 5.41) is 4.00. The van der Waals surface area contributed by atoms with Crippen molar-refractivity contribution in [2.24, 2.45) is 23.7 Å². The fourth-order valence-electron chi connectivity index (χ4n) is 5.62. The van der Waals surface area contributed by atoms with Crippen LogP contribution in [-0.2, 0) is 0 Å². The fraction of sp³-hybridized carbons (Fsp3) is 1.00. The van der Waals surface area contributed by atoms with Crippen molar-refractivity contribution in [1.82, 2.24) is 5.32 Å². The lowest BCUT2D eigenvalue weighted by Crippen LogP contribution is -2.46. The van der Waals surface area contributed by atoms with Gasteiger partial charge in [-0.3, -0.25) is 0 Å². The fourth-order valence-corrected chi connectivity index (χ4v) is 5.62. The summed E-state index contributed by atoms with van der Waals surface area (Å²) < 4.78 is 0. The predicted octanol–water partition coefficient (Wildman–Crippen LogP) is 3.73. The normalized spacial score (nSPS) is 52.9. The average molecular weight is 233 g/mol. The summed E-state index contributed by atoms with van der Waals surface area (Å²) in [6, 6.07) is 1.80. The van der Waals surface area contributed by atoms with Crippen LogP contribution in [0.1, 0.15) is 64.2 Å². The summed E-state index contributed by atoms with van der Waals surface area (Å²) in [5.74, 6) is 4.41. The van der Waals surface area contributed by atoms with Gasteiger partial charge in [-0.05, 0) is 75.0 Å². The molecule has 0 aromatic rings. The molecule has 96 valence electrons. The van der Waals surface area contributed by atoms with Gasteiger partial charge in [-0.15, -0.1) is 0 Å². The maximum absolute atomic E-state index is 4.00. The van der Waals surface area contributed by atoms with Crippen molar-refractivity contribution >= 4 is 0 Å². The lowest BCUT2D eigenvalue weighted by atomic mass is 9.80. The molecule has 6 unspecified atom stereocenters. The number of nitrogens with one attached hydrogen (secondary N) is 1. The van der Waals surface area contributed by atoms with Gasteiger partial charge < -0.3 is 5.32 Å². The van der Waals surface area contributed by atoms with E-state index in [0.29, 0.717) is 0 Å². The van der Waals surface area contributed by atoms with E-state index in [2.05, 4.69) is 5.32 Å². The van der Waals surface area contributed by atoms with E-state index in [4.69, 9.17) is 0 Å². The Bertz CT molecular complexity index is 287. The van der Waals surface area contributed by atoms with E-state index < -0.39 is 0 Å². The summed E-state index contributed by atoms with van der Waals surface area (Å²) in [6.07, 6.45) is 15.3. The van der Waals surface area contributed by atoms with Crippen LogP contribution in [0, 0.1) is 23.7 Å². The Morgan fingerprint density at radius 2 is 1.76 bits per heavy atom. The lowest BCUT2D eigenvalue weighted by Gasteiger charge is -2.36. The third-order valence-corrected chi connectivity index (χ3v) is 6.47. The smallest absolute Gasteiger partial charge is 0.00979 e. The Morgan fingerprint density at radius 1 is 0.824 bits per heavy atom. The molecule has 1 aliphatic heterocycles. The first kappa shape index (κ1) is 10.8. The first-order valence-corrected chi connectivity index (χ1v) is 8.14. The van der Waals surface area contributed by atoms with Gasteiger partial charge in [0.25, 0.3) is 0 Å². The predicted molar refractivity (Wildman–Crippen MR) is 70.8 cm³/mol. The second-order valence-electron chi connectivity index (χ2n) is 7.41. The SMILES string of the molecule is C1CC2CCC(CC3CC4CCC3C4)NC2C1. The van der Waals surface area contributed by atoms with Crippen molar-refractivity contribution in [2.45, 2.75) is 76.3 Å². The maximum Gasteiger partial charge on any atom is 0.00979 e. The van der Waals surface area contributed by atoms with Crippen LogP contribution in [0.3, 0.4) is 0 Å². The first-order chi connectivity index (χ1) is 8.38. The minimum absolute atomic E-state index is 0.888. The summed E-state index contributed by atoms with van der Waals surface area (Å²) in [6.45, 7) is 0. The van der Waals surface area contributed by atoms with Crippen LogP contribution in [0.4, 0.5) is 0 Å². The molecule has 0 spiro atoms.